The van der Waals surface area contributed by atoms with Gasteiger partial charge >= 0.3 is 0 Å². The molecule has 10 heteroatoms. The lowest BCUT2D eigenvalue weighted by atomic mass is 9.97. The van der Waals surface area contributed by atoms with Crippen LogP contribution in [0.3, 0.4) is 0 Å². The standard InChI is InChI=1S/C27H26N6O4/c1-16-8-10-18(11-9-16)32-15-17(13-24(32)34)25(35)29-23-14-21(22-7-4-12-37-22)31-33(23)27-28-20-6-3-2-5-19(20)26(36)30-27/h4,7-12,14,17H,2-3,5-6,13,15H2,1H3,(H,29,35)(H,28,30,36). The van der Waals surface area contributed by atoms with Crippen LogP contribution in [0.15, 0.2) is 57.9 Å². The number of nitrogens with one attached hydrogen (secondary N) is 2. The number of fused-ring (bicyclic) bond motifs is 1. The van der Waals surface area contributed by atoms with Crippen molar-refractivity contribution in [3.8, 4) is 17.4 Å². The second kappa shape index (κ2) is 9.20. The third-order valence-electron chi connectivity index (χ3n) is 6.96. The number of anilines is 2. The molecule has 188 valence electrons. The van der Waals surface area contributed by atoms with Gasteiger partial charge in [0.1, 0.15) is 11.5 Å². The van der Waals surface area contributed by atoms with E-state index in [4.69, 9.17) is 4.42 Å². The number of hydrogen-bond donors (Lipinski definition) is 2. The van der Waals surface area contributed by atoms with Crippen molar-refractivity contribution >= 4 is 23.3 Å². The van der Waals surface area contributed by atoms with Crippen molar-refractivity contribution in [2.24, 2.45) is 5.92 Å². The van der Waals surface area contributed by atoms with E-state index in [0.717, 1.165) is 36.2 Å². The monoisotopic (exact) mass is 498 g/mol. The highest BCUT2D eigenvalue weighted by molar-refractivity contribution is 6.03. The van der Waals surface area contributed by atoms with Gasteiger partial charge in [-0.1, -0.05) is 17.7 Å². The summed E-state index contributed by atoms with van der Waals surface area (Å²) in [5.74, 6) is 0.111. The highest BCUT2D eigenvalue weighted by atomic mass is 16.3. The number of aryl methyl sites for hydroxylation is 2. The smallest absolute Gasteiger partial charge is 0.255 e. The van der Waals surface area contributed by atoms with Crippen LogP contribution >= 0.6 is 0 Å². The van der Waals surface area contributed by atoms with E-state index < -0.39 is 5.92 Å². The molecule has 0 radical (unpaired) electrons. The number of furan rings is 1. The van der Waals surface area contributed by atoms with E-state index in [1.165, 1.54) is 10.9 Å². The predicted molar refractivity (Wildman–Crippen MR) is 137 cm³/mol. The Morgan fingerprint density at radius 2 is 1.95 bits per heavy atom. The summed E-state index contributed by atoms with van der Waals surface area (Å²) in [6.45, 7) is 2.26. The molecule has 0 spiro atoms. The molecule has 1 aliphatic heterocycles. The average Bonchev–Trinajstić information content (AvgIpc) is 3.65. The molecule has 4 heterocycles. The van der Waals surface area contributed by atoms with Gasteiger partial charge in [0, 0.05) is 30.3 Å². The summed E-state index contributed by atoms with van der Waals surface area (Å²) in [5, 5.41) is 7.49. The number of rotatable bonds is 5. The second-order valence-corrected chi connectivity index (χ2v) is 9.56. The van der Waals surface area contributed by atoms with E-state index >= 15 is 0 Å². The Kier molecular flexibility index (Phi) is 5.71. The van der Waals surface area contributed by atoms with Gasteiger partial charge in [0.25, 0.3) is 5.56 Å². The zero-order valence-corrected chi connectivity index (χ0v) is 20.4. The van der Waals surface area contributed by atoms with Gasteiger partial charge in [0.2, 0.25) is 17.8 Å². The lowest BCUT2D eigenvalue weighted by Crippen LogP contribution is -2.29. The van der Waals surface area contributed by atoms with Crippen LogP contribution in [0.25, 0.3) is 17.4 Å². The fourth-order valence-electron chi connectivity index (χ4n) is 4.95. The predicted octanol–water partition coefficient (Wildman–Crippen LogP) is 3.39. The first-order chi connectivity index (χ1) is 18.0. The number of carbonyl (C=O) groups excluding carboxylic acids is 2. The fourth-order valence-corrected chi connectivity index (χ4v) is 4.95. The Labute approximate surface area is 212 Å². The van der Waals surface area contributed by atoms with Gasteiger partial charge in [-0.15, -0.1) is 0 Å². The third-order valence-corrected chi connectivity index (χ3v) is 6.96. The summed E-state index contributed by atoms with van der Waals surface area (Å²) < 4.78 is 6.91. The van der Waals surface area contributed by atoms with Crippen LogP contribution in [-0.2, 0) is 22.4 Å². The number of H-pyrrole nitrogens is 1. The van der Waals surface area contributed by atoms with E-state index in [0.29, 0.717) is 29.3 Å². The van der Waals surface area contributed by atoms with Gasteiger partial charge in [-0.2, -0.15) is 9.78 Å². The Bertz CT molecular complexity index is 1530. The molecule has 0 saturated carbocycles. The molecule has 2 aliphatic rings. The van der Waals surface area contributed by atoms with Crippen LogP contribution in [0.5, 0.6) is 0 Å². The minimum Gasteiger partial charge on any atom is -0.463 e. The van der Waals surface area contributed by atoms with Crippen molar-refractivity contribution in [3.05, 3.63) is 75.9 Å². The summed E-state index contributed by atoms with van der Waals surface area (Å²) in [6.07, 6.45) is 4.99. The topological polar surface area (TPSA) is 126 Å². The first kappa shape index (κ1) is 23.0. The van der Waals surface area contributed by atoms with Gasteiger partial charge in [-0.25, -0.2) is 4.98 Å². The minimum absolute atomic E-state index is 0.102. The van der Waals surface area contributed by atoms with Gasteiger partial charge in [0.15, 0.2) is 5.76 Å². The highest BCUT2D eigenvalue weighted by Gasteiger charge is 2.35. The maximum Gasteiger partial charge on any atom is 0.255 e. The molecule has 1 aliphatic carbocycles. The fraction of sp³-hybridized carbons (Fsp3) is 0.296. The van der Waals surface area contributed by atoms with Gasteiger partial charge in [-0.3, -0.25) is 19.4 Å². The van der Waals surface area contributed by atoms with Crippen molar-refractivity contribution in [1.82, 2.24) is 19.7 Å². The number of benzene rings is 1. The van der Waals surface area contributed by atoms with Crippen LogP contribution in [0.2, 0.25) is 0 Å². The zero-order chi connectivity index (χ0) is 25.5. The molecule has 3 aromatic heterocycles. The molecule has 1 fully saturated rings. The molecule has 2 amide bonds. The van der Waals surface area contributed by atoms with E-state index in [9.17, 15) is 14.4 Å². The molecule has 0 bridgehead atoms. The lowest BCUT2D eigenvalue weighted by molar-refractivity contribution is -0.122. The normalized spacial score (nSPS) is 17.2. The summed E-state index contributed by atoms with van der Waals surface area (Å²) in [7, 11) is 0. The second-order valence-electron chi connectivity index (χ2n) is 9.56. The van der Waals surface area contributed by atoms with Crippen molar-refractivity contribution < 1.29 is 14.0 Å². The molecule has 1 atom stereocenters. The molecule has 2 N–H and O–H groups in total. The number of hydrogen-bond acceptors (Lipinski definition) is 6. The summed E-state index contributed by atoms with van der Waals surface area (Å²) in [4.78, 5) is 48.0. The van der Waals surface area contributed by atoms with E-state index in [1.807, 2.05) is 31.2 Å². The van der Waals surface area contributed by atoms with Gasteiger partial charge < -0.3 is 14.6 Å². The largest absolute Gasteiger partial charge is 0.463 e. The van der Waals surface area contributed by atoms with Crippen molar-refractivity contribution in [2.45, 2.75) is 39.0 Å². The molecular weight excluding hydrogens is 472 g/mol. The zero-order valence-electron chi connectivity index (χ0n) is 20.4. The van der Waals surface area contributed by atoms with Crippen LogP contribution in [0, 0.1) is 12.8 Å². The molecule has 1 unspecified atom stereocenters. The van der Waals surface area contributed by atoms with Crippen molar-refractivity contribution in [3.63, 3.8) is 0 Å². The maximum absolute atomic E-state index is 13.3. The molecular formula is C27H26N6O4. The molecule has 1 saturated heterocycles. The van der Waals surface area contributed by atoms with E-state index in [1.54, 1.807) is 23.1 Å². The summed E-state index contributed by atoms with van der Waals surface area (Å²) in [6, 6.07) is 12.8. The maximum atomic E-state index is 13.3. The molecule has 1 aromatic carbocycles. The molecule has 37 heavy (non-hydrogen) atoms. The molecule has 4 aromatic rings. The Morgan fingerprint density at radius 3 is 2.73 bits per heavy atom. The summed E-state index contributed by atoms with van der Waals surface area (Å²) in [5.41, 5.74) is 3.62. The number of nitrogens with zero attached hydrogens (tertiary/aromatic N) is 4. The van der Waals surface area contributed by atoms with E-state index in [2.05, 4.69) is 20.4 Å². The Balaban J connectivity index is 1.31. The van der Waals surface area contributed by atoms with E-state index in [-0.39, 0.29) is 36.3 Å². The van der Waals surface area contributed by atoms with Crippen LogP contribution in [-0.4, -0.2) is 38.1 Å². The average molecular weight is 499 g/mol. The van der Waals surface area contributed by atoms with Crippen molar-refractivity contribution in [2.75, 3.05) is 16.8 Å². The van der Waals surface area contributed by atoms with Crippen LogP contribution in [0.4, 0.5) is 11.5 Å². The first-order valence-corrected chi connectivity index (χ1v) is 12.4. The van der Waals surface area contributed by atoms with Crippen LogP contribution < -0.4 is 15.8 Å². The summed E-state index contributed by atoms with van der Waals surface area (Å²) >= 11 is 0. The lowest BCUT2D eigenvalue weighted by Gasteiger charge is -2.17. The number of amides is 2. The SMILES string of the molecule is Cc1ccc(N2CC(C(=O)Nc3cc(-c4ccco4)nn3-c3nc4c(c(=O)[nH]3)CCCC4)CC2=O)cc1. The minimum atomic E-state index is -0.542. The Morgan fingerprint density at radius 1 is 1.14 bits per heavy atom. The Hall–Kier alpha value is -4.47. The number of aromatic amines is 1. The van der Waals surface area contributed by atoms with Gasteiger partial charge in [-0.05, 0) is 56.9 Å². The van der Waals surface area contributed by atoms with Gasteiger partial charge in [0.05, 0.1) is 17.9 Å². The third kappa shape index (κ3) is 4.35. The highest BCUT2D eigenvalue weighted by Crippen LogP contribution is 2.29. The number of carbonyl (C=O) groups is 2. The van der Waals surface area contributed by atoms with Crippen LogP contribution in [0.1, 0.15) is 36.1 Å². The number of aromatic nitrogens is 4. The molecule has 10 nitrogen and oxygen atoms in total. The van der Waals surface area contributed by atoms with Crippen molar-refractivity contribution in [1.29, 1.82) is 0 Å². The molecule has 6 rings (SSSR count). The quantitative estimate of drug-likeness (QED) is 0.434. The first-order valence-electron chi connectivity index (χ1n) is 12.4.